The Bertz CT molecular complexity index is 1580. The first-order valence-electron chi connectivity index (χ1n) is 11.3. The molecular weight excluding hydrogens is 490 g/mol. The van der Waals surface area contributed by atoms with E-state index in [1.165, 1.54) is 6.08 Å². The van der Waals surface area contributed by atoms with Crippen molar-refractivity contribution in [1.29, 1.82) is 5.26 Å². The molecule has 10 nitrogen and oxygen atoms in total. The lowest BCUT2D eigenvalue weighted by atomic mass is 9.95. The first-order chi connectivity index (χ1) is 18.3. The van der Waals surface area contributed by atoms with Crippen molar-refractivity contribution in [2.75, 3.05) is 6.54 Å². The first-order valence-corrected chi connectivity index (χ1v) is 11.3. The van der Waals surface area contributed by atoms with E-state index in [1.807, 2.05) is 18.2 Å². The number of carbonyl (C=O) groups is 4. The highest BCUT2D eigenvalue weighted by Gasteiger charge is 2.23. The molecule has 38 heavy (non-hydrogen) atoms. The molecule has 3 aromatic rings. The Morgan fingerprint density at radius 3 is 2.58 bits per heavy atom. The van der Waals surface area contributed by atoms with E-state index >= 15 is 0 Å². The molecule has 2 aromatic carbocycles. The zero-order valence-electron chi connectivity index (χ0n) is 20.0. The summed E-state index contributed by atoms with van der Waals surface area (Å²) in [5.74, 6) is -2.83. The number of fused-ring (bicyclic) bond motifs is 1. The normalized spacial score (nSPS) is 13.7. The van der Waals surface area contributed by atoms with Gasteiger partial charge in [-0.1, -0.05) is 36.4 Å². The van der Waals surface area contributed by atoms with Gasteiger partial charge in [0.2, 0.25) is 11.5 Å². The third-order valence-corrected chi connectivity index (χ3v) is 5.18. The number of azo groups is 1. The number of carbonyl (C=O) groups excluding carboxylic acids is 4. The number of furan rings is 1. The summed E-state index contributed by atoms with van der Waals surface area (Å²) in [5.41, 5.74) is 1.76. The lowest BCUT2D eigenvalue weighted by molar-refractivity contribution is -0.139. The van der Waals surface area contributed by atoms with Crippen LogP contribution in [-0.2, 0) is 35.1 Å². The maximum Gasteiger partial charge on any atom is 0.335 e. The van der Waals surface area contributed by atoms with Crippen LogP contribution >= 0.6 is 0 Å². The highest BCUT2D eigenvalue weighted by molar-refractivity contribution is 6.19. The molecule has 1 aromatic heterocycles. The molecule has 0 spiro atoms. The molecule has 0 saturated heterocycles. The second kappa shape index (κ2) is 11.5. The number of hydrogen-bond acceptors (Lipinski definition) is 10. The SMILES string of the molecule is CC(=O)OC1=CC(=O)C(Cc2ccccc2/N=N/CC(=O)O/C(C#N)=C/c2cc3ccccc3o2)=CC1=O. The molecule has 0 atom stereocenters. The molecule has 10 heteroatoms. The van der Waals surface area contributed by atoms with Crippen molar-refractivity contribution in [2.24, 2.45) is 10.2 Å². The fourth-order valence-corrected chi connectivity index (χ4v) is 3.53. The number of benzene rings is 2. The maximum atomic E-state index is 12.4. The van der Waals surface area contributed by atoms with Gasteiger partial charge in [0.1, 0.15) is 17.4 Å². The molecule has 0 radical (unpaired) electrons. The van der Waals surface area contributed by atoms with Gasteiger partial charge in [-0.25, -0.2) is 4.79 Å². The predicted octanol–water partition coefficient (Wildman–Crippen LogP) is 4.69. The molecule has 0 unspecified atom stereocenters. The van der Waals surface area contributed by atoms with Crippen LogP contribution in [0.1, 0.15) is 18.2 Å². The van der Waals surface area contributed by atoms with Crippen LogP contribution in [0.2, 0.25) is 0 Å². The van der Waals surface area contributed by atoms with Gasteiger partial charge in [-0.3, -0.25) is 14.4 Å². The average molecular weight is 509 g/mol. The Morgan fingerprint density at radius 2 is 1.82 bits per heavy atom. The summed E-state index contributed by atoms with van der Waals surface area (Å²) in [7, 11) is 0. The topological polar surface area (TPSA) is 148 Å². The number of ketones is 2. The van der Waals surface area contributed by atoms with E-state index in [9.17, 15) is 24.4 Å². The minimum Gasteiger partial charge on any atom is -0.457 e. The number of para-hydroxylation sites is 1. The number of esters is 2. The van der Waals surface area contributed by atoms with Crippen molar-refractivity contribution in [3.63, 3.8) is 0 Å². The Labute approximate surface area is 216 Å². The minimum absolute atomic E-state index is 0.0624. The molecular formula is C28H19N3O7. The van der Waals surface area contributed by atoms with Crippen LogP contribution in [0.4, 0.5) is 5.69 Å². The molecule has 0 N–H and O–H groups in total. The predicted molar refractivity (Wildman–Crippen MR) is 133 cm³/mol. The van der Waals surface area contributed by atoms with Crippen molar-refractivity contribution in [2.45, 2.75) is 13.3 Å². The van der Waals surface area contributed by atoms with Crippen LogP contribution in [0.5, 0.6) is 0 Å². The molecule has 0 bridgehead atoms. The van der Waals surface area contributed by atoms with Crippen molar-refractivity contribution < 1.29 is 33.1 Å². The molecule has 1 aliphatic rings. The minimum atomic E-state index is -0.811. The zero-order valence-corrected chi connectivity index (χ0v) is 20.0. The van der Waals surface area contributed by atoms with Crippen LogP contribution < -0.4 is 0 Å². The number of nitrogens with zero attached hydrogens (tertiary/aromatic N) is 3. The third-order valence-electron chi connectivity index (χ3n) is 5.18. The van der Waals surface area contributed by atoms with Crippen molar-refractivity contribution >= 4 is 46.2 Å². The Morgan fingerprint density at radius 1 is 1.05 bits per heavy atom. The zero-order chi connectivity index (χ0) is 27.1. The van der Waals surface area contributed by atoms with E-state index in [0.717, 1.165) is 24.5 Å². The van der Waals surface area contributed by atoms with Gasteiger partial charge in [-0.15, -0.1) is 0 Å². The van der Waals surface area contributed by atoms with E-state index in [0.29, 0.717) is 22.6 Å². The van der Waals surface area contributed by atoms with E-state index < -0.39 is 30.0 Å². The quantitative estimate of drug-likeness (QED) is 0.140. The summed E-state index contributed by atoms with van der Waals surface area (Å²) in [6.45, 7) is 0.662. The van der Waals surface area contributed by atoms with Crippen LogP contribution in [-0.4, -0.2) is 30.0 Å². The van der Waals surface area contributed by atoms with Crippen molar-refractivity contribution in [3.8, 4) is 6.07 Å². The molecule has 1 aliphatic carbocycles. The smallest absolute Gasteiger partial charge is 0.335 e. The highest BCUT2D eigenvalue weighted by atomic mass is 16.5. The Hall–Kier alpha value is -5.43. The molecule has 0 amide bonds. The highest BCUT2D eigenvalue weighted by Crippen LogP contribution is 2.25. The largest absolute Gasteiger partial charge is 0.457 e. The van der Waals surface area contributed by atoms with E-state index in [1.54, 1.807) is 42.5 Å². The number of hydrogen-bond donors (Lipinski definition) is 0. The number of ether oxygens (including phenoxy) is 2. The van der Waals surface area contributed by atoms with Gasteiger partial charge in [-0.05, 0) is 29.8 Å². The first kappa shape index (κ1) is 25.7. The van der Waals surface area contributed by atoms with E-state index in [2.05, 4.69) is 10.2 Å². The number of rotatable bonds is 8. The van der Waals surface area contributed by atoms with Gasteiger partial charge in [0.25, 0.3) is 0 Å². The standard InChI is InChI=1S/C28H19N3O7/c1-17(32)36-27-14-24(33)20(12-25(27)34)10-18-6-2-4-8-23(18)31-30-16-28(35)38-22(15-29)13-21-11-19-7-3-5-9-26(19)37-21/h2-9,11-14H,10,16H2,1H3/b22-13+,31-30+. The summed E-state index contributed by atoms with van der Waals surface area (Å²) in [6.07, 6.45) is 3.46. The van der Waals surface area contributed by atoms with E-state index in [-0.39, 0.29) is 23.5 Å². The van der Waals surface area contributed by atoms with Crippen LogP contribution in [0.15, 0.2) is 98.5 Å². The molecule has 4 rings (SSSR count). The summed E-state index contributed by atoms with van der Waals surface area (Å²) < 4.78 is 15.4. The van der Waals surface area contributed by atoms with Gasteiger partial charge in [0.15, 0.2) is 18.1 Å². The fourth-order valence-electron chi connectivity index (χ4n) is 3.53. The van der Waals surface area contributed by atoms with Gasteiger partial charge in [0.05, 0.1) is 5.69 Å². The van der Waals surface area contributed by atoms with Gasteiger partial charge < -0.3 is 13.9 Å². The molecule has 0 fully saturated rings. The van der Waals surface area contributed by atoms with Crippen LogP contribution in [0.3, 0.4) is 0 Å². The van der Waals surface area contributed by atoms with E-state index in [4.69, 9.17) is 13.9 Å². The van der Waals surface area contributed by atoms with Crippen molar-refractivity contribution in [1.82, 2.24) is 0 Å². The number of allylic oxidation sites excluding steroid dienone is 4. The molecule has 0 saturated carbocycles. The maximum absolute atomic E-state index is 12.4. The summed E-state index contributed by atoms with van der Waals surface area (Å²) in [5, 5.41) is 18.1. The molecule has 188 valence electrons. The summed E-state index contributed by atoms with van der Waals surface area (Å²) in [6, 6.07) is 17.5. The lowest BCUT2D eigenvalue weighted by Gasteiger charge is -2.12. The van der Waals surface area contributed by atoms with Gasteiger partial charge in [0, 0.05) is 36.5 Å². The monoisotopic (exact) mass is 509 g/mol. The Kier molecular flexibility index (Phi) is 7.79. The van der Waals surface area contributed by atoms with Gasteiger partial charge in [-0.2, -0.15) is 15.5 Å². The number of nitriles is 1. The average Bonchev–Trinajstić information content (AvgIpc) is 3.29. The van der Waals surface area contributed by atoms with Gasteiger partial charge >= 0.3 is 11.9 Å². The summed E-state index contributed by atoms with van der Waals surface area (Å²) in [4.78, 5) is 47.9. The van der Waals surface area contributed by atoms with Crippen LogP contribution in [0, 0.1) is 11.3 Å². The summed E-state index contributed by atoms with van der Waals surface area (Å²) >= 11 is 0. The lowest BCUT2D eigenvalue weighted by Crippen LogP contribution is -2.17. The van der Waals surface area contributed by atoms with Crippen LogP contribution in [0.25, 0.3) is 17.0 Å². The third kappa shape index (κ3) is 6.41. The Balaban J connectivity index is 1.40. The second-order valence-corrected chi connectivity index (χ2v) is 7.99. The fraction of sp³-hybridized carbons (Fsp3) is 0.107. The van der Waals surface area contributed by atoms with Crippen molar-refractivity contribution in [3.05, 3.63) is 95.2 Å². The molecule has 0 aliphatic heterocycles. The second-order valence-electron chi connectivity index (χ2n) is 7.99. The molecule has 1 heterocycles.